The molecule has 0 aromatic heterocycles. The molecule has 1 saturated carbocycles. The molecule has 1 aromatic carbocycles. The van der Waals surface area contributed by atoms with Crippen molar-refractivity contribution in [3.05, 3.63) is 35.9 Å². The van der Waals surface area contributed by atoms with Crippen LogP contribution in [0.25, 0.3) is 0 Å². The van der Waals surface area contributed by atoms with E-state index in [1.807, 2.05) is 6.07 Å². The van der Waals surface area contributed by atoms with Crippen LogP contribution in [0.1, 0.15) is 38.2 Å². The van der Waals surface area contributed by atoms with Gasteiger partial charge in [-0.3, -0.25) is 0 Å². The minimum absolute atomic E-state index is 0.454. The highest BCUT2D eigenvalue weighted by Gasteiger charge is 2.15. The van der Waals surface area contributed by atoms with Gasteiger partial charge in [0.15, 0.2) is 5.96 Å². The molecule has 0 aliphatic heterocycles. The van der Waals surface area contributed by atoms with Crippen LogP contribution in [0, 0.1) is 0 Å². The van der Waals surface area contributed by atoms with Crippen LogP contribution in [-0.2, 0) is 6.54 Å². The van der Waals surface area contributed by atoms with Gasteiger partial charge in [0.25, 0.3) is 0 Å². The third-order valence-electron chi connectivity index (χ3n) is 3.56. The van der Waals surface area contributed by atoms with Gasteiger partial charge in [-0.2, -0.15) is 0 Å². The van der Waals surface area contributed by atoms with E-state index >= 15 is 0 Å². The molecule has 1 aromatic rings. The van der Waals surface area contributed by atoms with E-state index in [-0.39, 0.29) is 0 Å². The van der Waals surface area contributed by atoms with E-state index in [0.717, 1.165) is 13.1 Å². The molecule has 1 fully saturated rings. The maximum atomic E-state index is 6.13. The van der Waals surface area contributed by atoms with Gasteiger partial charge in [-0.25, -0.2) is 4.99 Å². The average Bonchev–Trinajstić information content (AvgIpc) is 2.90. The third kappa shape index (κ3) is 3.49. The lowest BCUT2D eigenvalue weighted by molar-refractivity contribution is 0.425. The first-order valence-electron chi connectivity index (χ1n) is 6.91. The zero-order chi connectivity index (χ0) is 12.8. The summed E-state index contributed by atoms with van der Waals surface area (Å²) in [4.78, 5) is 6.81. The second-order valence-electron chi connectivity index (χ2n) is 4.93. The van der Waals surface area contributed by atoms with Gasteiger partial charge in [-0.1, -0.05) is 43.2 Å². The quantitative estimate of drug-likeness (QED) is 0.654. The van der Waals surface area contributed by atoms with E-state index in [0.29, 0.717) is 12.0 Å². The maximum absolute atomic E-state index is 6.13. The molecule has 3 nitrogen and oxygen atoms in total. The van der Waals surface area contributed by atoms with Crippen molar-refractivity contribution in [3.8, 4) is 0 Å². The van der Waals surface area contributed by atoms with Gasteiger partial charge < -0.3 is 10.6 Å². The largest absolute Gasteiger partial charge is 0.370 e. The highest BCUT2D eigenvalue weighted by molar-refractivity contribution is 5.78. The molecule has 0 bridgehead atoms. The fourth-order valence-corrected chi connectivity index (χ4v) is 2.46. The van der Waals surface area contributed by atoms with Crippen LogP contribution in [0.2, 0.25) is 0 Å². The first-order chi connectivity index (χ1) is 8.79. The van der Waals surface area contributed by atoms with E-state index in [1.54, 1.807) is 0 Å². The fraction of sp³-hybridized carbons (Fsp3) is 0.533. The van der Waals surface area contributed by atoms with Crippen LogP contribution in [0.15, 0.2) is 35.3 Å². The first kappa shape index (κ1) is 12.9. The summed E-state index contributed by atoms with van der Waals surface area (Å²) >= 11 is 0. The van der Waals surface area contributed by atoms with E-state index in [4.69, 9.17) is 5.73 Å². The zero-order valence-electron chi connectivity index (χ0n) is 11.2. The van der Waals surface area contributed by atoms with Crippen molar-refractivity contribution in [2.75, 3.05) is 6.54 Å². The second kappa shape index (κ2) is 6.43. The number of nitrogens with zero attached hydrogens (tertiary/aromatic N) is 2. The summed E-state index contributed by atoms with van der Waals surface area (Å²) in [7, 11) is 0. The topological polar surface area (TPSA) is 41.6 Å². The van der Waals surface area contributed by atoms with Gasteiger partial charge in [0, 0.05) is 13.1 Å². The highest BCUT2D eigenvalue weighted by Crippen LogP contribution is 2.21. The SMILES string of the molecule is CCN(Cc1ccccc1)C(N)=NC1CCCC1. The minimum atomic E-state index is 0.454. The monoisotopic (exact) mass is 245 g/mol. The molecule has 98 valence electrons. The molecule has 0 heterocycles. The number of rotatable bonds is 4. The summed E-state index contributed by atoms with van der Waals surface area (Å²) in [6.45, 7) is 3.87. The van der Waals surface area contributed by atoms with Gasteiger partial charge in [0.05, 0.1) is 6.04 Å². The molecule has 1 aliphatic carbocycles. The molecule has 0 amide bonds. The number of nitrogens with two attached hydrogens (primary N) is 1. The lowest BCUT2D eigenvalue weighted by Gasteiger charge is -2.23. The molecule has 0 unspecified atom stereocenters. The van der Waals surface area contributed by atoms with Crippen molar-refractivity contribution in [2.45, 2.75) is 45.2 Å². The molecule has 0 atom stereocenters. The Morgan fingerprint density at radius 1 is 1.28 bits per heavy atom. The summed E-state index contributed by atoms with van der Waals surface area (Å²) in [6, 6.07) is 10.9. The second-order valence-corrected chi connectivity index (χ2v) is 4.93. The number of hydrogen-bond acceptors (Lipinski definition) is 1. The van der Waals surface area contributed by atoms with E-state index in [2.05, 4.69) is 41.1 Å². The summed E-state index contributed by atoms with van der Waals surface area (Å²) in [6.07, 6.45) is 4.99. The van der Waals surface area contributed by atoms with Gasteiger partial charge in [0.1, 0.15) is 0 Å². The van der Waals surface area contributed by atoms with Gasteiger partial charge in [-0.15, -0.1) is 0 Å². The normalized spacial score (nSPS) is 17.1. The van der Waals surface area contributed by atoms with Crippen LogP contribution >= 0.6 is 0 Å². The van der Waals surface area contributed by atoms with Crippen molar-refractivity contribution in [1.82, 2.24) is 4.90 Å². The molecule has 2 N–H and O–H groups in total. The Balaban J connectivity index is 1.99. The molecule has 0 spiro atoms. The van der Waals surface area contributed by atoms with Gasteiger partial charge >= 0.3 is 0 Å². The maximum Gasteiger partial charge on any atom is 0.191 e. The van der Waals surface area contributed by atoms with Gasteiger partial charge in [0.2, 0.25) is 0 Å². The smallest absolute Gasteiger partial charge is 0.191 e. The van der Waals surface area contributed by atoms with E-state index in [1.165, 1.54) is 31.2 Å². The third-order valence-corrected chi connectivity index (χ3v) is 3.56. The van der Waals surface area contributed by atoms with Gasteiger partial charge in [-0.05, 0) is 25.3 Å². The Morgan fingerprint density at radius 2 is 1.94 bits per heavy atom. The Morgan fingerprint density at radius 3 is 2.56 bits per heavy atom. The fourth-order valence-electron chi connectivity index (χ4n) is 2.46. The zero-order valence-corrected chi connectivity index (χ0v) is 11.2. The molecule has 3 heteroatoms. The summed E-state index contributed by atoms with van der Waals surface area (Å²) in [5.74, 6) is 0.702. The molecular weight excluding hydrogens is 222 g/mol. The van der Waals surface area contributed by atoms with Crippen molar-refractivity contribution >= 4 is 5.96 Å². The lowest BCUT2D eigenvalue weighted by Crippen LogP contribution is -2.37. The Kier molecular flexibility index (Phi) is 4.62. The van der Waals surface area contributed by atoms with Crippen LogP contribution in [0.4, 0.5) is 0 Å². The highest BCUT2D eigenvalue weighted by atomic mass is 15.2. The van der Waals surface area contributed by atoms with Crippen LogP contribution in [0.5, 0.6) is 0 Å². The number of aliphatic imine (C=N–C) groups is 1. The Hall–Kier alpha value is -1.51. The lowest BCUT2D eigenvalue weighted by atomic mass is 10.2. The summed E-state index contributed by atoms with van der Waals surface area (Å²) in [5, 5.41) is 0. The molecule has 1 aliphatic rings. The van der Waals surface area contributed by atoms with Crippen molar-refractivity contribution < 1.29 is 0 Å². The Bertz CT molecular complexity index is 380. The predicted molar refractivity (Wildman–Crippen MR) is 76.4 cm³/mol. The molecular formula is C15H23N3. The van der Waals surface area contributed by atoms with Crippen molar-refractivity contribution in [3.63, 3.8) is 0 Å². The summed E-state index contributed by atoms with van der Waals surface area (Å²) < 4.78 is 0. The van der Waals surface area contributed by atoms with Crippen molar-refractivity contribution in [2.24, 2.45) is 10.7 Å². The number of hydrogen-bond donors (Lipinski definition) is 1. The van der Waals surface area contributed by atoms with E-state index in [9.17, 15) is 0 Å². The van der Waals surface area contributed by atoms with Crippen molar-refractivity contribution in [1.29, 1.82) is 0 Å². The number of benzene rings is 1. The van der Waals surface area contributed by atoms with Crippen LogP contribution in [-0.4, -0.2) is 23.4 Å². The molecule has 18 heavy (non-hydrogen) atoms. The average molecular weight is 245 g/mol. The number of guanidine groups is 1. The molecule has 0 radical (unpaired) electrons. The standard InChI is InChI=1S/C15H23N3/c1-2-18(12-13-8-4-3-5-9-13)15(16)17-14-10-6-7-11-14/h3-5,8-9,14H,2,6-7,10-12H2,1H3,(H2,16,17). The van der Waals surface area contributed by atoms with Crippen LogP contribution in [0.3, 0.4) is 0 Å². The first-order valence-corrected chi connectivity index (χ1v) is 6.91. The van der Waals surface area contributed by atoms with Crippen LogP contribution < -0.4 is 5.73 Å². The minimum Gasteiger partial charge on any atom is -0.370 e. The summed E-state index contributed by atoms with van der Waals surface area (Å²) in [5.41, 5.74) is 7.41. The molecule has 2 rings (SSSR count). The predicted octanol–water partition coefficient (Wildman–Crippen LogP) is 2.77. The van der Waals surface area contributed by atoms with E-state index < -0.39 is 0 Å². The molecule has 0 saturated heterocycles. The Labute approximate surface area is 110 Å².